The number of aromatic hydroxyl groups is 1. The third-order valence-corrected chi connectivity index (χ3v) is 6.60. The maximum atomic E-state index is 9.51. The Bertz CT molecular complexity index is 1030. The van der Waals surface area contributed by atoms with Gasteiger partial charge in [0.05, 0.1) is 13.2 Å². The monoisotopic (exact) mass is 418 g/mol. The number of methoxy groups -OCH3 is 1. The van der Waals surface area contributed by atoms with E-state index in [0.29, 0.717) is 17.7 Å². The molecule has 2 unspecified atom stereocenters. The highest BCUT2D eigenvalue weighted by atomic mass is 16.5. The highest BCUT2D eigenvalue weighted by molar-refractivity contribution is 5.84. The summed E-state index contributed by atoms with van der Waals surface area (Å²) in [6.07, 6.45) is 0. The van der Waals surface area contributed by atoms with Gasteiger partial charge in [0, 0.05) is 50.9 Å². The minimum Gasteiger partial charge on any atom is -0.508 e. The largest absolute Gasteiger partial charge is 0.508 e. The van der Waals surface area contributed by atoms with Crippen molar-refractivity contribution in [3.63, 3.8) is 0 Å². The molecule has 2 atom stereocenters. The summed E-state index contributed by atoms with van der Waals surface area (Å²) in [5, 5.41) is 12.0. The Balaban J connectivity index is 1.23. The second-order valence-corrected chi connectivity index (χ2v) is 8.54. The van der Waals surface area contributed by atoms with Crippen molar-refractivity contribution in [2.24, 2.45) is 5.92 Å². The zero-order valence-electron chi connectivity index (χ0n) is 17.9. The molecule has 2 aliphatic heterocycles. The van der Waals surface area contributed by atoms with E-state index in [9.17, 15) is 5.11 Å². The molecule has 5 rings (SSSR count). The van der Waals surface area contributed by atoms with Crippen molar-refractivity contribution in [2.45, 2.75) is 6.04 Å². The molecule has 0 amide bonds. The number of nitrogens with one attached hydrogen (secondary N) is 2. The van der Waals surface area contributed by atoms with Crippen molar-refractivity contribution < 1.29 is 9.84 Å². The van der Waals surface area contributed by atoms with Crippen LogP contribution in [0, 0.1) is 5.92 Å². The van der Waals surface area contributed by atoms with E-state index in [0.717, 1.165) is 45.0 Å². The van der Waals surface area contributed by atoms with E-state index >= 15 is 0 Å². The Kier molecular flexibility index (Phi) is 5.68. The SMILES string of the molecule is COc1ccc2cc(C3NNCC3CN3CCN(c4ccc(O)cc4)CC3)ccc2c1. The average Bonchev–Trinajstić information content (AvgIpc) is 3.27. The molecule has 0 bridgehead atoms. The molecule has 2 heterocycles. The fraction of sp³-hybridized carbons (Fsp3) is 0.360. The van der Waals surface area contributed by atoms with Crippen LogP contribution in [0.5, 0.6) is 11.5 Å². The van der Waals surface area contributed by atoms with Gasteiger partial charge in [-0.25, -0.2) is 5.43 Å². The average molecular weight is 419 g/mol. The number of hydrogen-bond acceptors (Lipinski definition) is 6. The van der Waals surface area contributed by atoms with Crippen LogP contribution in [0.2, 0.25) is 0 Å². The van der Waals surface area contributed by atoms with Gasteiger partial charge in [0.25, 0.3) is 0 Å². The molecule has 2 saturated heterocycles. The van der Waals surface area contributed by atoms with Crippen molar-refractivity contribution in [2.75, 3.05) is 51.3 Å². The van der Waals surface area contributed by atoms with E-state index in [1.54, 1.807) is 19.2 Å². The molecule has 3 aromatic carbocycles. The fourth-order valence-corrected chi connectivity index (χ4v) is 4.81. The number of piperazine rings is 1. The molecule has 0 aliphatic carbocycles. The number of phenolic OH excluding ortho intramolecular Hbond substituents is 1. The van der Waals surface area contributed by atoms with Gasteiger partial charge in [0.1, 0.15) is 11.5 Å². The second kappa shape index (κ2) is 8.75. The number of anilines is 1. The van der Waals surface area contributed by atoms with E-state index in [1.165, 1.54) is 22.0 Å². The van der Waals surface area contributed by atoms with Crippen LogP contribution in [0.15, 0.2) is 60.7 Å². The predicted molar refractivity (Wildman–Crippen MR) is 125 cm³/mol. The lowest BCUT2D eigenvalue weighted by Crippen LogP contribution is -2.48. The van der Waals surface area contributed by atoms with Gasteiger partial charge >= 0.3 is 0 Å². The molecule has 2 fully saturated rings. The summed E-state index contributed by atoms with van der Waals surface area (Å²) in [4.78, 5) is 4.98. The van der Waals surface area contributed by atoms with Crippen LogP contribution < -0.4 is 20.5 Å². The Morgan fingerprint density at radius 1 is 0.935 bits per heavy atom. The lowest BCUT2D eigenvalue weighted by atomic mass is 9.92. The van der Waals surface area contributed by atoms with Gasteiger partial charge in [0.2, 0.25) is 0 Å². The molecular weight excluding hydrogens is 388 g/mol. The summed E-state index contributed by atoms with van der Waals surface area (Å²) in [5.74, 6) is 1.74. The maximum Gasteiger partial charge on any atom is 0.119 e. The number of rotatable bonds is 5. The zero-order valence-corrected chi connectivity index (χ0v) is 17.9. The van der Waals surface area contributed by atoms with Crippen LogP contribution in [0.4, 0.5) is 5.69 Å². The maximum absolute atomic E-state index is 9.51. The number of hydrazine groups is 1. The van der Waals surface area contributed by atoms with Gasteiger partial charge in [-0.05, 0) is 58.8 Å². The smallest absolute Gasteiger partial charge is 0.119 e. The number of nitrogens with zero attached hydrogens (tertiary/aromatic N) is 2. The van der Waals surface area contributed by atoms with E-state index in [2.05, 4.69) is 51.0 Å². The normalized spacial score (nSPS) is 22.2. The predicted octanol–water partition coefficient (Wildman–Crippen LogP) is 3.14. The van der Waals surface area contributed by atoms with Crippen LogP contribution in [0.3, 0.4) is 0 Å². The van der Waals surface area contributed by atoms with E-state index in [4.69, 9.17) is 4.74 Å². The standard InChI is InChI=1S/C25H30N4O2/c1-31-24-9-4-18-14-20(3-2-19(18)15-24)25-21(16-26-27-25)17-28-10-12-29(13-11-28)22-5-7-23(30)8-6-22/h2-9,14-15,21,25-27,30H,10-13,16-17H2,1H3. The quantitative estimate of drug-likeness (QED) is 0.592. The van der Waals surface area contributed by atoms with Gasteiger partial charge < -0.3 is 14.7 Å². The van der Waals surface area contributed by atoms with Crippen molar-refractivity contribution in [1.82, 2.24) is 15.8 Å². The molecule has 3 aromatic rings. The first-order valence-electron chi connectivity index (χ1n) is 11.0. The topological polar surface area (TPSA) is 60.0 Å². The summed E-state index contributed by atoms with van der Waals surface area (Å²) in [7, 11) is 1.71. The first-order chi connectivity index (χ1) is 15.2. The number of ether oxygens (including phenoxy) is 1. The van der Waals surface area contributed by atoms with Crippen LogP contribution in [0.1, 0.15) is 11.6 Å². The van der Waals surface area contributed by atoms with Crippen molar-refractivity contribution in [3.8, 4) is 11.5 Å². The first-order valence-corrected chi connectivity index (χ1v) is 11.0. The van der Waals surface area contributed by atoms with Crippen LogP contribution in [0.25, 0.3) is 10.8 Å². The molecule has 0 saturated carbocycles. The van der Waals surface area contributed by atoms with Crippen LogP contribution in [-0.2, 0) is 0 Å². The Morgan fingerprint density at radius 3 is 2.45 bits per heavy atom. The zero-order chi connectivity index (χ0) is 21.2. The van der Waals surface area contributed by atoms with Crippen molar-refractivity contribution >= 4 is 16.5 Å². The fourth-order valence-electron chi connectivity index (χ4n) is 4.81. The van der Waals surface area contributed by atoms with Crippen molar-refractivity contribution in [1.29, 1.82) is 0 Å². The molecule has 2 aliphatic rings. The molecule has 0 aromatic heterocycles. The van der Waals surface area contributed by atoms with Crippen LogP contribution in [-0.4, -0.2) is 56.4 Å². The lowest BCUT2D eigenvalue weighted by Gasteiger charge is -2.37. The Labute approximate surface area is 183 Å². The van der Waals surface area contributed by atoms with E-state index in [1.807, 2.05) is 18.2 Å². The first kappa shape index (κ1) is 20.1. The molecule has 6 heteroatoms. The van der Waals surface area contributed by atoms with Gasteiger partial charge in [-0.2, -0.15) is 0 Å². The Morgan fingerprint density at radius 2 is 1.68 bits per heavy atom. The molecule has 6 nitrogen and oxygen atoms in total. The Hall–Kier alpha value is -2.80. The molecule has 31 heavy (non-hydrogen) atoms. The lowest BCUT2D eigenvalue weighted by molar-refractivity contribution is 0.214. The van der Waals surface area contributed by atoms with E-state index < -0.39 is 0 Å². The number of hydrogen-bond donors (Lipinski definition) is 3. The van der Waals surface area contributed by atoms with Crippen molar-refractivity contribution in [3.05, 3.63) is 66.2 Å². The third kappa shape index (κ3) is 4.32. The number of fused-ring (bicyclic) bond motifs is 1. The summed E-state index contributed by atoms with van der Waals surface area (Å²) in [5.41, 5.74) is 9.41. The summed E-state index contributed by atoms with van der Waals surface area (Å²) >= 11 is 0. The van der Waals surface area contributed by atoms with Crippen LogP contribution >= 0.6 is 0 Å². The minimum atomic E-state index is 0.307. The van der Waals surface area contributed by atoms with Gasteiger partial charge in [-0.1, -0.05) is 18.2 Å². The minimum absolute atomic E-state index is 0.307. The molecule has 3 N–H and O–H groups in total. The van der Waals surface area contributed by atoms with E-state index in [-0.39, 0.29) is 0 Å². The van der Waals surface area contributed by atoms with Gasteiger partial charge in [0.15, 0.2) is 0 Å². The number of phenols is 1. The molecule has 0 spiro atoms. The second-order valence-electron chi connectivity index (χ2n) is 8.54. The van der Waals surface area contributed by atoms with Gasteiger partial charge in [-0.3, -0.25) is 10.3 Å². The summed E-state index contributed by atoms with van der Waals surface area (Å²) in [6, 6.07) is 20.8. The van der Waals surface area contributed by atoms with Gasteiger partial charge in [-0.15, -0.1) is 0 Å². The summed E-state index contributed by atoms with van der Waals surface area (Å²) < 4.78 is 5.35. The highest BCUT2D eigenvalue weighted by Crippen LogP contribution is 2.30. The third-order valence-electron chi connectivity index (χ3n) is 6.60. The highest BCUT2D eigenvalue weighted by Gasteiger charge is 2.31. The number of benzene rings is 3. The summed E-state index contributed by atoms with van der Waals surface area (Å²) in [6.45, 7) is 6.20. The molecular formula is C25H30N4O2. The molecule has 162 valence electrons. The molecule has 0 radical (unpaired) electrons.